The first-order chi connectivity index (χ1) is 9.48. The molecular formula is C14H10BrF3N2. The van der Waals surface area contributed by atoms with E-state index in [9.17, 15) is 13.2 Å². The molecule has 0 saturated heterocycles. The van der Waals surface area contributed by atoms with Crippen LogP contribution in [0.25, 0.3) is 0 Å². The largest absolute Gasteiger partial charge is 0.417 e. The highest BCUT2D eigenvalue weighted by Crippen LogP contribution is 2.35. The van der Waals surface area contributed by atoms with Crippen molar-refractivity contribution in [2.75, 3.05) is 5.43 Å². The summed E-state index contributed by atoms with van der Waals surface area (Å²) in [6.45, 7) is 0. The van der Waals surface area contributed by atoms with Crippen LogP contribution < -0.4 is 5.43 Å². The number of rotatable bonds is 3. The third-order valence-electron chi connectivity index (χ3n) is 2.51. The molecule has 2 rings (SSSR count). The van der Waals surface area contributed by atoms with Gasteiger partial charge in [-0.05, 0) is 34.1 Å². The van der Waals surface area contributed by atoms with Gasteiger partial charge in [-0.3, -0.25) is 5.43 Å². The van der Waals surface area contributed by atoms with Gasteiger partial charge < -0.3 is 0 Å². The molecule has 1 N–H and O–H groups in total. The molecule has 2 aromatic carbocycles. The number of nitrogens with zero attached hydrogens (tertiary/aromatic N) is 1. The van der Waals surface area contributed by atoms with Gasteiger partial charge in [0, 0.05) is 10.0 Å². The first-order valence-corrected chi connectivity index (χ1v) is 6.47. The Labute approximate surface area is 122 Å². The molecule has 0 aromatic heterocycles. The van der Waals surface area contributed by atoms with E-state index in [1.165, 1.54) is 12.3 Å². The average molecular weight is 343 g/mol. The lowest BCUT2D eigenvalue weighted by Crippen LogP contribution is -2.07. The van der Waals surface area contributed by atoms with Gasteiger partial charge in [0.15, 0.2) is 0 Å². The summed E-state index contributed by atoms with van der Waals surface area (Å²) in [6, 6.07) is 13.0. The van der Waals surface area contributed by atoms with E-state index in [-0.39, 0.29) is 4.47 Å². The van der Waals surface area contributed by atoms with Crippen molar-refractivity contribution in [3.63, 3.8) is 0 Å². The van der Waals surface area contributed by atoms with Crippen molar-refractivity contribution in [2.45, 2.75) is 6.18 Å². The molecule has 0 saturated carbocycles. The minimum Gasteiger partial charge on any atom is -0.279 e. The quantitative estimate of drug-likeness (QED) is 0.621. The molecular weight excluding hydrogens is 333 g/mol. The zero-order chi connectivity index (χ0) is 14.6. The van der Waals surface area contributed by atoms with Gasteiger partial charge in [0.1, 0.15) is 0 Å². The number of nitrogens with one attached hydrogen (secondary N) is 1. The van der Waals surface area contributed by atoms with E-state index in [0.717, 1.165) is 11.8 Å². The molecule has 6 heteroatoms. The molecule has 0 aliphatic rings. The predicted octanol–water partition coefficient (Wildman–Crippen LogP) is 4.91. The lowest BCUT2D eigenvalue weighted by molar-refractivity contribution is -0.138. The fraction of sp³-hybridized carbons (Fsp3) is 0.0714. The van der Waals surface area contributed by atoms with Crippen molar-refractivity contribution in [3.05, 3.63) is 64.1 Å². The summed E-state index contributed by atoms with van der Waals surface area (Å²) in [5.41, 5.74) is 3.13. The normalized spacial score (nSPS) is 11.8. The number of para-hydroxylation sites is 1. The van der Waals surface area contributed by atoms with Gasteiger partial charge in [0.25, 0.3) is 0 Å². The van der Waals surface area contributed by atoms with E-state index in [1.54, 1.807) is 18.2 Å². The molecule has 2 nitrogen and oxygen atoms in total. The van der Waals surface area contributed by atoms with Gasteiger partial charge >= 0.3 is 6.18 Å². The van der Waals surface area contributed by atoms with Crippen LogP contribution in [0.1, 0.15) is 11.1 Å². The van der Waals surface area contributed by atoms with Crippen molar-refractivity contribution in [1.82, 2.24) is 0 Å². The lowest BCUT2D eigenvalue weighted by Gasteiger charge is -2.10. The summed E-state index contributed by atoms with van der Waals surface area (Å²) in [7, 11) is 0. The van der Waals surface area contributed by atoms with Crippen LogP contribution in [0.15, 0.2) is 58.1 Å². The third kappa shape index (κ3) is 3.60. The molecule has 0 spiro atoms. The molecule has 0 atom stereocenters. The maximum Gasteiger partial charge on any atom is 0.417 e. The lowest BCUT2D eigenvalue weighted by atomic mass is 10.1. The first kappa shape index (κ1) is 14.6. The summed E-state index contributed by atoms with van der Waals surface area (Å²) >= 11 is 2.96. The van der Waals surface area contributed by atoms with Gasteiger partial charge in [-0.1, -0.05) is 30.3 Å². The minimum absolute atomic E-state index is 0.0221. The molecule has 0 aliphatic carbocycles. The molecule has 0 amide bonds. The predicted molar refractivity (Wildman–Crippen MR) is 76.8 cm³/mol. The van der Waals surface area contributed by atoms with Crippen LogP contribution in [0.2, 0.25) is 0 Å². The Morgan fingerprint density at radius 3 is 2.35 bits per heavy atom. The van der Waals surface area contributed by atoms with Crippen molar-refractivity contribution >= 4 is 27.8 Å². The second-order valence-corrected chi connectivity index (χ2v) is 4.74. The first-order valence-electron chi connectivity index (χ1n) is 5.68. The smallest absolute Gasteiger partial charge is 0.279 e. The highest BCUT2D eigenvalue weighted by molar-refractivity contribution is 9.10. The summed E-state index contributed by atoms with van der Waals surface area (Å²) in [5.74, 6) is 0. The van der Waals surface area contributed by atoms with Crippen LogP contribution in [-0.2, 0) is 6.18 Å². The Kier molecular flexibility index (Phi) is 4.44. The molecule has 2 aromatic rings. The van der Waals surface area contributed by atoms with Crippen molar-refractivity contribution < 1.29 is 13.2 Å². The monoisotopic (exact) mass is 342 g/mol. The van der Waals surface area contributed by atoms with Gasteiger partial charge in [0.2, 0.25) is 0 Å². The standard InChI is InChI=1S/C14H10BrF3N2/c15-13-10(5-4-8-12(13)14(16,17)18)9-19-20-11-6-2-1-3-7-11/h1-9,20H. The minimum atomic E-state index is -4.39. The second kappa shape index (κ2) is 6.09. The van der Waals surface area contributed by atoms with Crippen LogP contribution >= 0.6 is 15.9 Å². The Hall–Kier alpha value is -1.82. The van der Waals surface area contributed by atoms with Crippen molar-refractivity contribution in [1.29, 1.82) is 0 Å². The second-order valence-electron chi connectivity index (χ2n) is 3.94. The summed E-state index contributed by atoms with van der Waals surface area (Å²) in [5, 5.41) is 3.92. The van der Waals surface area contributed by atoms with Crippen LogP contribution in [0.3, 0.4) is 0 Å². The summed E-state index contributed by atoms with van der Waals surface area (Å²) in [4.78, 5) is 0. The molecule has 20 heavy (non-hydrogen) atoms. The van der Waals surface area contributed by atoms with E-state index < -0.39 is 11.7 Å². The number of benzene rings is 2. The van der Waals surface area contributed by atoms with Crippen LogP contribution in [0.5, 0.6) is 0 Å². The van der Waals surface area contributed by atoms with Gasteiger partial charge in [-0.25, -0.2) is 0 Å². The van der Waals surface area contributed by atoms with E-state index in [1.807, 2.05) is 18.2 Å². The zero-order valence-corrected chi connectivity index (χ0v) is 11.7. The number of halogens is 4. The Balaban J connectivity index is 2.18. The number of hydrogen-bond acceptors (Lipinski definition) is 2. The molecule has 104 valence electrons. The third-order valence-corrected chi connectivity index (χ3v) is 3.39. The van der Waals surface area contributed by atoms with E-state index >= 15 is 0 Å². The molecule has 0 fully saturated rings. The Bertz CT molecular complexity index is 610. The summed E-state index contributed by atoms with van der Waals surface area (Å²) in [6.07, 6.45) is -3.05. The average Bonchev–Trinajstić information content (AvgIpc) is 2.40. The number of anilines is 1. The molecule has 0 bridgehead atoms. The molecule has 0 heterocycles. The zero-order valence-electron chi connectivity index (χ0n) is 10.2. The SMILES string of the molecule is FC(F)(F)c1cccc(C=NNc2ccccc2)c1Br. The maximum atomic E-state index is 12.7. The molecule has 0 unspecified atom stereocenters. The summed E-state index contributed by atoms with van der Waals surface area (Å²) < 4.78 is 38.2. The van der Waals surface area contributed by atoms with Crippen LogP contribution in [0.4, 0.5) is 18.9 Å². The highest BCUT2D eigenvalue weighted by Gasteiger charge is 2.33. The Morgan fingerprint density at radius 2 is 1.70 bits per heavy atom. The number of hydrogen-bond donors (Lipinski definition) is 1. The number of alkyl halides is 3. The maximum absolute atomic E-state index is 12.7. The fourth-order valence-corrected chi connectivity index (χ4v) is 2.15. The van der Waals surface area contributed by atoms with E-state index in [4.69, 9.17) is 0 Å². The topological polar surface area (TPSA) is 24.4 Å². The van der Waals surface area contributed by atoms with Gasteiger partial charge in [0.05, 0.1) is 17.5 Å². The Morgan fingerprint density at radius 1 is 1.00 bits per heavy atom. The van der Waals surface area contributed by atoms with Crippen LogP contribution in [0, 0.1) is 0 Å². The highest BCUT2D eigenvalue weighted by atomic mass is 79.9. The van der Waals surface area contributed by atoms with Crippen LogP contribution in [-0.4, -0.2) is 6.21 Å². The van der Waals surface area contributed by atoms with Gasteiger partial charge in [-0.15, -0.1) is 0 Å². The fourth-order valence-electron chi connectivity index (χ4n) is 1.56. The van der Waals surface area contributed by atoms with E-state index in [0.29, 0.717) is 5.56 Å². The van der Waals surface area contributed by atoms with Gasteiger partial charge in [-0.2, -0.15) is 18.3 Å². The molecule has 0 aliphatic heterocycles. The van der Waals surface area contributed by atoms with E-state index in [2.05, 4.69) is 26.5 Å². The van der Waals surface area contributed by atoms with Crippen molar-refractivity contribution in [2.24, 2.45) is 5.10 Å². The number of hydrazone groups is 1. The van der Waals surface area contributed by atoms with Crippen molar-refractivity contribution in [3.8, 4) is 0 Å². The molecule has 0 radical (unpaired) electrons.